The number of anilines is 1. The lowest BCUT2D eigenvalue weighted by Gasteiger charge is -2.25. The van der Waals surface area contributed by atoms with Crippen LogP contribution in [-0.4, -0.2) is 24.2 Å². The summed E-state index contributed by atoms with van der Waals surface area (Å²) in [5.74, 6) is -0.440. The number of nitrogens with zero attached hydrogens (tertiary/aromatic N) is 2. The molecule has 106 valence electrons. The summed E-state index contributed by atoms with van der Waals surface area (Å²) in [5, 5.41) is 17.3. The summed E-state index contributed by atoms with van der Waals surface area (Å²) in [5.41, 5.74) is 1.90. The van der Waals surface area contributed by atoms with Gasteiger partial charge in [-0.05, 0) is 29.7 Å². The van der Waals surface area contributed by atoms with Crippen molar-refractivity contribution in [3.8, 4) is 6.07 Å². The van der Waals surface area contributed by atoms with E-state index in [2.05, 4.69) is 24.8 Å². The summed E-state index contributed by atoms with van der Waals surface area (Å²) in [6.07, 6.45) is 3.18. The van der Waals surface area contributed by atoms with Crippen molar-refractivity contribution in [2.75, 3.05) is 18.0 Å². The van der Waals surface area contributed by atoms with Gasteiger partial charge in [0.25, 0.3) is 0 Å². The van der Waals surface area contributed by atoms with Gasteiger partial charge in [-0.2, -0.15) is 5.26 Å². The van der Waals surface area contributed by atoms with Crippen molar-refractivity contribution in [2.45, 2.75) is 20.3 Å². The van der Waals surface area contributed by atoms with Gasteiger partial charge in [0.1, 0.15) is 0 Å². The monoisotopic (exact) mass is 272 g/mol. The first kappa shape index (κ1) is 15.8. The number of aliphatic carboxylic acids is 1. The summed E-state index contributed by atoms with van der Waals surface area (Å²) in [6.45, 7) is 5.89. The first-order valence-electron chi connectivity index (χ1n) is 6.66. The molecule has 0 aliphatic rings. The van der Waals surface area contributed by atoms with Crippen LogP contribution in [0.4, 0.5) is 5.69 Å². The Balaban J connectivity index is 2.81. The third-order valence-corrected chi connectivity index (χ3v) is 2.76. The maximum Gasteiger partial charge on any atom is 0.328 e. The van der Waals surface area contributed by atoms with Crippen molar-refractivity contribution in [2.24, 2.45) is 5.92 Å². The van der Waals surface area contributed by atoms with Gasteiger partial charge in [-0.1, -0.05) is 26.0 Å². The SMILES string of the molecule is CC(C)CN(CCC#N)c1ccc(C=CC(=O)O)cc1. The predicted molar refractivity (Wildman–Crippen MR) is 80.4 cm³/mol. The Morgan fingerprint density at radius 3 is 2.55 bits per heavy atom. The molecule has 0 aromatic heterocycles. The molecule has 0 unspecified atom stereocenters. The molecule has 0 saturated heterocycles. The number of hydrogen-bond donors (Lipinski definition) is 1. The molecule has 1 rings (SSSR count). The maximum absolute atomic E-state index is 10.5. The van der Waals surface area contributed by atoms with Crippen molar-refractivity contribution in [3.63, 3.8) is 0 Å². The third-order valence-electron chi connectivity index (χ3n) is 2.76. The van der Waals surface area contributed by atoms with E-state index in [4.69, 9.17) is 10.4 Å². The van der Waals surface area contributed by atoms with Gasteiger partial charge in [0.15, 0.2) is 0 Å². The van der Waals surface area contributed by atoms with E-state index in [9.17, 15) is 4.79 Å². The molecule has 0 saturated carbocycles. The highest BCUT2D eigenvalue weighted by Gasteiger charge is 2.08. The minimum Gasteiger partial charge on any atom is -0.478 e. The highest BCUT2D eigenvalue weighted by Crippen LogP contribution is 2.18. The van der Waals surface area contributed by atoms with Gasteiger partial charge in [-0.25, -0.2) is 4.79 Å². The first-order chi connectivity index (χ1) is 9.52. The topological polar surface area (TPSA) is 64.3 Å². The average Bonchev–Trinajstić information content (AvgIpc) is 2.41. The van der Waals surface area contributed by atoms with Gasteiger partial charge in [0.2, 0.25) is 0 Å². The second-order valence-corrected chi connectivity index (χ2v) is 5.01. The number of benzene rings is 1. The zero-order valence-corrected chi connectivity index (χ0v) is 11.9. The van der Waals surface area contributed by atoms with Crippen LogP contribution in [0.15, 0.2) is 30.3 Å². The van der Waals surface area contributed by atoms with E-state index in [1.54, 1.807) is 6.08 Å². The van der Waals surface area contributed by atoms with Crippen LogP contribution in [0.5, 0.6) is 0 Å². The number of carboxylic acids is 1. The van der Waals surface area contributed by atoms with Gasteiger partial charge in [-0.15, -0.1) is 0 Å². The summed E-state index contributed by atoms with van der Waals surface area (Å²) in [4.78, 5) is 12.6. The fourth-order valence-electron chi connectivity index (χ4n) is 1.92. The molecule has 0 aliphatic carbocycles. The highest BCUT2D eigenvalue weighted by molar-refractivity contribution is 5.85. The van der Waals surface area contributed by atoms with E-state index in [0.29, 0.717) is 18.9 Å². The lowest BCUT2D eigenvalue weighted by Crippen LogP contribution is -2.28. The Bertz CT molecular complexity index is 498. The normalized spacial score (nSPS) is 10.7. The molecule has 0 radical (unpaired) electrons. The molecular weight excluding hydrogens is 252 g/mol. The van der Waals surface area contributed by atoms with Crippen LogP contribution in [0.2, 0.25) is 0 Å². The van der Waals surface area contributed by atoms with E-state index >= 15 is 0 Å². The number of hydrogen-bond acceptors (Lipinski definition) is 3. The number of rotatable bonds is 7. The fourth-order valence-corrected chi connectivity index (χ4v) is 1.92. The summed E-state index contributed by atoms with van der Waals surface area (Å²) < 4.78 is 0. The molecular formula is C16H20N2O2. The van der Waals surface area contributed by atoms with Crippen LogP contribution in [0.1, 0.15) is 25.8 Å². The van der Waals surface area contributed by atoms with Gasteiger partial charge in [0, 0.05) is 24.9 Å². The molecule has 0 bridgehead atoms. The molecule has 20 heavy (non-hydrogen) atoms. The fraction of sp³-hybridized carbons (Fsp3) is 0.375. The van der Waals surface area contributed by atoms with Crippen LogP contribution < -0.4 is 4.90 Å². The van der Waals surface area contributed by atoms with E-state index in [-0.39, 0.29) is 0 Å². The molecule has 0 aliphatic heterocycles. The Hall–Kier alpha value is -2.28. The van der Waals surface area contributed by atoms with Crippen molar-refractivity contribution in [3.05, 3.63) is 35.9 Å². The molecule has 1 aromatic rings. The smallest absolute Gasteiger partial charge is 0.328 e. The van der Waals surface area contributed by atoms with Gasteiger partial charge in [0.05, 0.1) is 12.5 Å². The van der Waals surface area contributed by atoms with E-state index < -0.39 is 5.97 Å². The van der Waals surface area contributed by atoms with Gasteiger partial charge < -0.3 is 10.0 Å². The van der Waals surface area contributed by atoms with E-state index in [1.807, 2.05) is 24.3 Å². The van der Waals surface area contributed by atoms with Gasteiger partial charge >= 0.3 is 5.97 Å². The minimum atomic E-state index is -0.954. The van der Waals surface area contributed by atoms with Crippen molar-refractivity contribution in [1.82, 2.24) is 0 Å². The van der Waals surface area contributed by atoms with E-state index in [1.165, 1.54) is 0 Å². The summed E-state index contributed by atoms with van der Waals surface area (Å²) in [7, 11) is 0. The highest BCUT2D eigenvalue weighted by atomic mass is 16.4. The Morgan fingerprint density at radius 1 is 1.40 bits per heavy atom. The van der Waals surface area contributed by atoms with Crippen LogP contribution >= 0.6 is 0 Å². The minimum absolute atomic E-state index is 0.493. The summed E-state index contributed by atoms with van der Waals surface area (Å²) >= 11 is 0. The number of carbonyl (C=O) groups is 1. The molecule has 0 heterocycles. The average molecular weight is 272 g/mol. The molecule has 1 N–H and O–H groups in total. The second kappa shape index (κ2) is 8.00. The second-order valence-electron chi connectivity index (χ2n) is 5.01. The van der Waals surface area contributed by atoms with Crippen molar-refractivity contribution < 1.29 is 9.90 Å². The van der Waals surface area contributed by atoms with Crippen LogP contribution in [0.3, 0.4) is 0 Å². The maximum atomic E-state index is 10.5. The Morgan fingerprint density at radius 2 is 2.05 bits per heavy atom. The molecule has 0 fully saturated rings. The molecule has 4 nitrogen and oxygen atoms in total. The Labute approximate surface area is 119 Å². The first-order valence-corrected chi connectivity index (χ1v) is 6.66. The lowest BCUT2D eigenvalue weighted by atomic mass is 10.1. The van der Waals surface area contributed by atoms with Crippen molar-refractivity contribution >= 4 is 17.7 Å². The number of carboxylic acid groups (broad SMARTS) is 1. The molecule has 0 amide bonds. The predicted octanol–water partition coefficient (Wildman–Crippen LogP) is 3.16. The van der Waals surface area contributed by atoms with Crippen LogP contribution in [0.25, 0.3) is 6.08 Å². The van der Waals surface area contributed by atoms with Crippen LogP contribution in [-0.2, 0) is 4.79 Å². The quantitative estimate of drug-likeness (QED) is 0.774. The standard InChI is InChI=1S/C16H20N2O2/c1-13(2)12-18(11-3-10-17)15-7-4-14(5-8-15)6-9-16(19)20/h4-9,13H,3,11-12H2,1-2H3,(H,19,20). The van der Waals surface area contributed by atoms with E-state index in [0.717, 1.165) is 23.9 Å². The van der Waals surface area contributed by atoms with Crippen molar-refractivity contribution in [1.29, 1.82) is 5.26 Å². The third kappa shape index (κ3) is 5.57. The Kier molecular flexibility index (Phi) is 6.31. The lowest BCUT2D eigenvalue weighted by molar-refractivity contribution is -0.131. The van der Waals surface area contributed by atoms with Gasteiger partial charge in [-0.3, -0.25) is 0 Å². The summed E-state index contributed by atoms with van der Waals surface area (Å²) in [6, 6.07) is 9.85. The zero-order chi connectivity index (χ0) is 15.0. The molecule has 0 spiro atoms. The largest absolute Gasteiger partial charge is 0.478 e. The molecule has 1 aromatic carbocycles. The van der Waals surface area contributed by atoms with Crippen LogP contribution in [0, 0.1) is 17.2 Å². The zero-order valence-electron chi connectivity index (χ0n) is 11.9. The molecule has 0 atom stereocenters. The number of nitriles is 1. The molecule has 4 heteroatoms.